The second-order valence-corrected chi connectivity index (χ2v) is 16.9. The first-order valence-electron chi connectivity index (χ1n) is 17.7. The molecular weight excluding hydrogens is 710 g/mol. The standard InChI is InChI=1S/C19H30BNO6.C13H17NO4.C6H12BO2.CH4/c1-17(2,3)25-16(23)21-12-13(11-14(21)15(22)24-8)9-10-20-26-18(4,5)19(6,7)27-20;1-6-9-7-10(11(15)17-5)14(8-9)12(16)18-13(2,3)4;1-5(2)6(3,4)9-7-8-5;/h11-12H,9-10H2,1-8H3;6-8H,1H2,2-5H3;1-4H3;1H4. The Bertz CT molecular complexity index is 1630. The highest BCUT2D eigenvalue weighted by Crippen LogP contribution is 2.38. The van der Waals surface area contributed by atoms with Gasteiger partial charge in [-0.3, -0.25) is 0 Å². The van der Waals surface area contributed by atoms with Crippen LogP contribution in [-0.4, -0.2) is 95.9 Å². The van der Waals surface area contributed by atoms with Gasteiger partial charge in [-0.15, -0.1) is 0 Å². The maximum atomic E-state index is 12.4. The zero-order valence-corrected chi connectivity index (χ0v) is 35.0. The summed E-state index contributed by atoms with van der Waals surface area (Å²) in [6.07, 6.45) is 4.55. The molecule has 1 radical (unpaired) electrons. The fourth-order valence-electron chi connectivity index (χ4n) is 4.61. The normalized spacial score (nSPS) is 17.5. The molecule has 0 spiro atoms. The molecule has 55 heavy (non-hydrogen) atoms. The quantitative estimate of drug-likeness (QED) is 0.158. The number of hydrogen-bond donors (Lipinski definition) is 0. The van der Waals surface area contributed by atoms with Gasteiger partial charge in [0.2, 0.25) is 0 Å². The number of nitrogens with zero attached hydrogens (tertiary/aromatic N) is 2. The van der Waals surface area contributed by atoms with Crippen LogP contribution in [0.15, 0.2) is 31.1 Å². The average Bonchev–Trinajstić information content (AvgIpc) is 3.76. The van der Waals surface area contributed by atoms with Gasteiger partial charge in [-0.05, 0) is 133 Å². The third-order valence-electron chi connectivity index (χ3n) is 9.03. The van der Waals surface area contributed by atoms with Gasteiger partial charge in [0.25, 0.3) is 0 Å². The van der Waals surface area contributed by atoms with E-state index in [1.807, 2.05) is 55.4 Å². The molecule has 4 rings (SSSR count). The lowest BCUT2D eigenvalue weighted by Gasteiger charge is -2.32. The van der Waals surface area contributed by atoms with E-state index in [1.54, 1.807) is 53.8 Å². The van der Waals surface area contributed by atoms with E-state index in [0.717, 1.165) is 10.1 Å². The number of ether oxygens (including phenoxy) is 4. The summed E-state index contributed by atoms with van der Waals surface area (Å²) in [4.78, 5) is 48.0. The Labute approximate surface area is 328 Å². The third kappa shape index (κ3) is 13.4. The van der Waals surface area contributed by atoms with Gasteiger partial charge in [-0.2, -0.15) is 0 Å². The fraction of sp³-hybridized carbons (Fsp3) is 0.641. The Morgan fingerprint density at radius 2 is 1.13 bits per heavy atom. The van der Waals surface area contributed by atoms with Crippen LogP contribution in [0.2, 0.25) is 6.32 Å². The summed E-state index contributed by atoms with van der Waals surface area (Å²) < 4.78 is 44.7. The molecule has 16 heteroatoms. The van der Waals surface area contributed by atoms with E-state index in [1.165, 1.54) is 44.8 Å². The number of methoxy groups -OCH3 is 2. The first-order chi connectivity index (χ1) is 24.5. The predicted molar refractivity (Wildman–Crippen MR) is 212 cm³/mol. The van der Waals surface area contributed by atoms with E-state index in [9.17, 15) is 19.2 Å². The second-order valence-electron chi connectivity index (χ2n) is 16.9. The zero-order chi connectivity index (χ0) is 41.7. The molecule has 2 aliphatic rings. The molecule has 0 amide bonds. The molecule has 0 aromatic carbocycles. The smallest absolute Gasteiger partial charge is 0.464 e. The molecule has 307 valence electrons. The Morgan fingerprint density at radius 1 is 0.727 bits per heavy atom. The first-order valence-corrected chi connectivity index (χ1v) is 17.7. The summed E-state index contributed by atoms with van der Waals surface area (Å²) in [5.41, 5.74) is -0.774. The highest BCUT2D eigenvalue weighted by Gasteiger charge is 2.50. The molecule has 0 atom stereocenters. The van der Waals surface area contributed by atoms with Crippen molar-refractivity contribution in [3.05, 3.63) is 53.6 Å². The molecule has 4 heterocycles. The monoisotopic (exact) mass is 773 g/mol. The van der Waals surface area contributed by atoms with Gasteiger partial charge in [-0.25, -0.2) is 28.3 Å². The van der Waals surface area contributed by atoms with Gasteiger partial charge in [0, 0.05) is 12.4 Å². The van der Waals surface area contributed by atoms with Crippen LogP contribution in [0, 0.1) is 0 Å². The van der Waals surface area contributed by atoms with Crippen LogP contribution in [0.1, 0.15) is 136 Å². The van der Waals surface area contributed by atoms with Crippen molar-refractivity contribution in [2.75, 3.05) is 14.2 Å². The van der Waals surface area contributed by atoms with Crippen LogP contribution in [-0.2, 0) is 44.0 Å². The van der Waals surface area contributed by atoms with Gasteiger partial charge < -0.3 is 37.6 Å². The van der Waals surface area contributed by atoms with Crippen LogP contribution in [0.25, 0.3) is 6.08 Å². The van der Waals surface area contributed by atoms with Crippen molar-refractivity contribution in [2.45, 2.75) is 151 Å². The largest absolute Gasteiger partial charge is 0.488 e. The van der Waals surface area contributed by atoms with Gasteiger partial charge in [0.05, 0.1) is 36.6 Å². The molecule has 2 aromatic heterocycles. The molecule has 2 fully saturated rings. The Balaban J connectivity index is 0.000000463. The molecule has 0 aliphatic carbocycles. The zero-order valence-electron chi connectivity index (χ0n) is 35.0. The minimum absolute atomic E-state index is 0. The number of carbonyl (C=O) groups excluding carboxylic acids is 4. The summed E-state index contributed by atoms with van der Waals surface area (Å²) in [5.74, 6) is -1.20. The maximum Gasteiger partial charge on any atom is 0.488 e. The number of hydrogen-bond acceptors (Lipinski definition) is 12. The average molecular weight is 774 g/mol. The summed E-state index contributed by atoms with van der Waals surface area (Å²) >= 11 is 0. The number of aryl methyl sites for hydroxylation is 1. The molecule has 0 saturated carbocycles. The Morgan fingerprint density at radius 3 is 1.47 bits per heavy atom. The van der Waals surface area contributed by atoms with Gasteiger partial charge in [-0.1, -0.05) is 20.1 Å². The summed E-state index contributed by atoms with van der Waals surface area (Å²) in [6, 6.07) is 3.16. The molecule has 2 aromatic rings. The molecule has 2 saturated heterocycles. The van der Waals surface area contributed by atoms with Crippen molar-refractivity contribution in [3.8, 4) is 0 Å². The molecule has 0 unspecified atom stereocenters. The lowest BCUT2D eigenvalue weighted by Crippen LogP contribution is -2.41. The van der Waals surface area contributed by atoms with Crippen LogP contribution in [0.3, 0.4) is 0 Å². The molecule has 0 N–H and O–H groups in total. The van der Waals surface area contributed by atoms with Crippen molar-refractivity contribution in [2.24, 2.45) is 0 Å². The van der Waals surface area contributed by atoms with E-state index >= 15 is 0 Å². The summed E-state index contributed by atoms with van der Waals surface area (Å²) in [5, 5.41) is 0. The number of rotatable bonds is 6. The lowest BCUT2D eigenvalue weighted by molar-refractivity contribution is 0.00578. The fourth-order valence-corrected chi connectivity index (χ4v) is 4.61. The van der Waals surface area contributed by atoms with E-state index in [4.69, 9.17) is 32.8 Å². The summed E-state index contributed by atoms with van der Waals surface area (Å²) in [7, 11) is 3.60. The van der Waals surface area contributed by atoms with E-state index in [-0.39, 0.29) is 37.1 Å². The SMILES string of the molecule is C.C=Cc1cc(C(=O)OC)n(C(=O)OC(C)(C)C)c1.CC1(C)O[B]OC1(C)C.COC(=O)c1cc(CCB2OC(C)(C)C(C)(C)O2)cn1C(=O)OC(C)(C)C. The van der Waals surface area contributed by atoms with Crippen molar-refractivity contribution in [1.82, 2.24) is 9.13 Å². The van der Waals surface area contributed by atoms with Crippen molar-refractivity contribution < 1.29 is 56.7 Å². The Kier molecular flexibility index (Phi) is 16.4. The van der Waals surface area contributed by atoms with Gasteiger partial charge >= 0.3 is 38.9 Å². The number of esters is 2. The van der Waals surface area contributed by atoms with E-state index in [2.05, 4.69) is 11.3 Å². The topological polar surface area (TPSA) is 152 Å². The molecule has 2 aliphatic heterocycles. The predicted octanol–water partition coefficient (Wildman–Crippen LogP) is 8.15. The molecular formula is C39H63B2N2O12. The molecule has 0 bridgehead atoms. The van der Waals surface area contributed by atoms with Crippen molar-refractivity contribution >= 4 is 45.0 Å². The van der Waals surface area contributed by atoms with Crippen LogP contribution < -0.4 is 0 Å². The van der Waals surface area contributed by atoms with Crippen LogP contribution >= 0.6 is 0 Å². The molecule has 14 nitrogen and oxygen atoms in total. The second kappa shape index (κ2) is 18.4. The highest BCUT2D eigenvalue weighted by atomic mass is 16.7. The summed E-state index contributed by atoms with van der Waals surface area (Å²) in [6.45, 7) is 30.2. The number of carbonyl (C=O) groups is 4. The van der Waals surface area contributed by atoms with Crippen LogP contribution in [0.5, 0.6) is 0 Å². The third-order valence-corrected chi connectivity index (χ3v) is 9.03. The van der Waals surface area contributed by atoms with Crippen LogP contribution in [0.4, 0.5) is 9.59 Å². The van der Waals surface area contributed by atoms with Gasteiger partial charge in [0.1, 0.15) is 22.6 Å². The Hall–Kier alpha value is -3.85. The minimum Gasteiger partial charge on any atom is -0.464 e. The minimum atomic E-state index is -0.669. The van der Waals surface area contributed by atoms with Gasteiger partial charge in [0.15, 0.2) is 0 Å². The van der Waals surface area contributed by atoms with E-state index < -0.39 is 46.5 Å². The van der Waals surface area contributed by atoms with Crippen molar-refractivity contribution in [3.63, 3.8) is 0 Å². The van der Waals surface area contributed by atoms with Crippen molar-refractivity contribution in [1.29, 1.82) is 0 Å². The number of aromatic nitrogens is 2. The maximum absolute atomic E-state index is 12.4. The van der Waals surface area contributed by atoms with E-state index in [0.29, 0.717) is 18.3 Å². The lowest BCUT2D eigenvalue weighted by atomic mass is 9.82. The highest BCUT2D eigenvalue weighted by molar-refractivity contribution is 6.45. The first kappa shape index (κ1) is 49.2.